The molecule has 0 radical (unpaired) electrons. The number of amides is 1. The second-order valence-electron chi connectivity index (χ2n) is 4.83. The molecule has 0 saturated heterocycles. The van der Waals surface area contributed by atoms with Crippen molar-refractivity contribution < 1.29 is 23.8 Å². The van der Waals surface area contributed by atoms with E-state index in [1.165, 1.54) is 18.4 Å². The number of hydrogen-bond donors (Lipinski definition) is 1. The maximum absolute atomic E-state index is 12.4. The molecule has 0 atom stereocenters. The summed E-state index contributed by atoms with van der Waals surface area (Å²) >= 11 is 4.82. The summed E-state index contributed by atoms with van der Waals surface area (Å²) in [5, 5.41) is 4.21. The number of ether oxygens (including phenoxy) is 3. The fraction of sp³-hybridized carbons (Fsp3) is 0.375. The minimum Gasteiger partial charge on any atom is -0.493 e. The Balaban J connectivity index is 2.32. The van der Waals surface area contributed by atoms with Gasteiger partial charge in [0.25, 0.3) is 5.91 Å². The fourth-order valence-corrected chi connectivity index (χ4v) is 4.17. The van der Waals surface area contributed by atoms with Gasteiger partial charge in [-0.15, -0.1) is 11.3 Å². The Morgan fingerprint density at radius 3 is 2.42 bits per heavy atom. The van der Waals surface area contributed by atoms with Crippen molar-refractivity contribution in [1.82, 2.24) is 5.32 Å². The number of nitrogens with one attached hydrogen (secondary N) is 1. The highest BCUT2D eigenvalue weighted by Crippen LogP contribution is 2.40. The molecule has 24 heavy (non-hydrogen) atoms. The van der Waals surface area contributed by atoms with Crippen LogP contribution in [0.15, 0.2) is 12.1 Å². The molecule has 6 nitrogen and oxygen atoms in total. The van der Waals surface area contributed by atoms with Crippen molar-refractivity contribution >= 4 is 49.2 Å². The quantitative estimate of drug-likeness (QED) is 0.555. The van der Waals surface area contributed by atoms with E-state index in [4.69, 9.17) is 9.47 Å². The van der Waals surface area contributed by atoms with Crippen LogP contribution in [0.3, 0.4) is 0 Å². The third kappa shape index (κ3) is 3.81. The van der Waals surface area contributed by atoms with Crippen molar-refractivity contribution in [1.29, 1.82) is 0 Å². The first-order valence-corrected chi connectivity index (χ1v) is 9.07. The van der Waals surface area contributed by atoms with Gasteiger partial charge in [0.1, 0.15) is 0 Å². The molecule has 0 unspecified atom stereocenters. The zero-order valence-electron chi connectivity index (χ0n) is 13.6. The number of thiophene rings is 1. The van der Waals surface area contributed by atoms with Crippen LogP contribution in [-0.2, 0) is 14.9 Å². The van der Waals surface area contributed by atoms with Crippen molar-refractivity contribution in [2.75, 3.05) is 27.9 Å². The molecule has 2 aromatic rings. The molecule has 0 fully saturated rings. The highest BCUT2D eigenvalue weighted by molar-refractivity contribution is 9.08. The highest BCUT2D eigenvalue weighted by Gasteiger charge is 2.20. The highest BCUT2D eigenvalue weighted by atomic mass is 79.9. The molecule has 0 spiro atoms. The number of benzene rings is 1. The van der Waals surface area contributed by atoms with Crippen LogP contribution in [0.1, 0.15) is 21.7 Å². The average molecular weight is 416 g/mol. The van der Waals surface area contributed by atoms with Crippen LogP contribution in [0, 0.1) is 0 Å². The van der Waals surface area contributed by atoms with Crippen LogP contribution in [0.5, 0.6) is 11.5 Å². The number of alkyl halides is 1. The minimum atomic E-state index is -0.359. The molecule has 1 N–H and O–H groups in total. The second-order valence-corrected chi connectivity index (χ2v) is 6.44. The zero-order valence-corrected chi connectivity index (χ0v) is 16.0. The van der Waals surface area contributed by atoms with Gasteiger partial charge in [-0.2, -0.15) is 0 Å². The van der Waals surface area contributed by atoms with Gasteiger partial charge in [0.15, 0.2) is 11.5 Å². The lowest BCUT2D eigenvalue weighted by molar-refractivity contribution is -0.140. The number of carbonyl (C=O) groups excluding carboxylic acids is 2. The summed E-state index contributed by atoms with van der Waals surface area (Å²) in [5.74, 6) is 0.655. The molecular formula is C16H18BrNO5S. The van der Waals surface area contributed by atoms with Crippen LogP contribution in [0.2, 0.25) is 0 Å². The lowest BCUT2D eigenvalue weighted by atomic mass is 10.1. The van der Waals surface area contributed by atoms with Crippen LogP contribution in [-0.4, -0.2) is 39.8 Å². The molecule has 0 aliphatic heterocycles. The lowest BCUT2D eigenvalue weighted by Crippen LogP contribution is -2.26. The van der Waals surface area contributed by atoms with Gasteiger partial charge >= 0.3 is 5.97 Å². The molecular weight excluding hydrogens is 398 g/mol. The molecule has 0 saturated carbocycles. The van der Waals surface area contributed by atoms with Gasteiger partial charge < -0.3 is 19.5 Å². The number of fused-ring (bicyclic) bond motifs is 1. The Morgan fingerprint density at radius 2 is 1.83 bits per heavy atom. The SMILES string of the molecule is COC(=O)CCNC(=O)c1sc2cc(OC)c(OC)cc2c1CBr. The Morgan fingerprint density at radius 1 is 1.17 bits per heavy atom. The maximum Gasteiger partial charge on any atom is 0.307 e. The zero-order chi connectivity index (χ0) is 17.7. The van der Waals surface area contributed by atoms with Gasteiger partial charge in [-0.05, 0) is 11.6 Å². The minimum absolute atomic E-state index is 0.137. The summed E-state index contributed by atoms with van der Waals surface area (Å²) in [7, 11) is 4.47. The van der Waals surface area contributed by atoms with E-state index < -0.39 is 0 Å². The summed E-state index contributed by atoms with van der Waals surface area (Å²) in [5.41, 5.74) is 0.881. The first kappa shape index (κ1) is 18.5. The van der Waals surface area contributed by atoms with Gasteiger partial charge in [0.2, 0.25) is 0 Å². The average Bonchev–Trinajstić information content (AvgIpc) is 2.97. The fourth-order valence-electron chi connectivity index (χ4n) is 2.25. The molecule has 130 valence electrons. The third-order valence-electron chi connectivity index (χ3n) is 3.48. The van der Waals surface area contributed by atoms with Crippen LogP contribution in [0.4, 0.5) is 0 Å². The van der Waals surface area contributed by atoms with Crippen LogP contribution < -0.4 is 14.8 Å². The van der Waals surface area contributed by atoms with E-state index in [2.05, 4.69) is 26.0 Å². The summed E-state index contributed by atoms with van der Waals surface area (Å²) in [6.07, 6.45) is 0.137. The second kappa shape index (κ2) is 8.34. The Kier molecular flexibility index (Phi) is 6.44. The molecule has 1 aromatic carbocycles. The van der Waals surface area contributed by atoms with Gasteiger partial charge in [-0.1, -0.05) is 15.9 Å². The lowest BCUT2D eigenvalue weighted by Gasteiger charge is -2.07. The topological polar surface area (TPSA) is 73.9 Å². The smallest absolute Gasteiger partial charge is 0.307 e. The predicted molar refractivity (Wildman–Crippen MR) is 96.5 cm³/mol. The van der Waals surface area contributed by atoms with Crippen LogP contribution >= 0.6 is 27.3 Å². The standard InChI is InChI=1S/C16H18BrNO5S/c1-21-11-6-9-10(8-17)15(24-13(9)7-12(11)22-2)16(20)18-5-4-14(19)23-3/h6-7H,4-5,8H2,1-3H3,(H,18,20). The first-order chi connectivity index (χ1) is 11.5. The van der Waals surface area contributed by atoms with Crippen molar-refractivity contribution in [3.05, 3.63) is 22.6 Å². The molecule has 1 amide bonds. The number of rotatable bonds is 7. The van der Waals surface area contributed by atoms with E-state index in [1.54, 1.807) is 14.2 Å². The van der Waals surface area contributed by atoms with E-state index in [1.807, 2.05) is 12.1 Å². The van der Waals surface area contributed by atoms with Gasteiger partial charge in [0.05, 0.1) is 32.6 Å². The Hall–Kier alpha value is -1.80. The first-order valence-electron chi connectivity index (χ1n) is 7.14. The van der Waals surface area contributed by atoms with Gasteiger partial charge in [0, 0.05) is 28.0 Å². The summed E-state index contributed by atoms with van der Waals surface area (Å²) in [6.45, 7) is 0.230. The molecule has 0 aliphatic rings. The van der Waals surface area contributed by atoms with Gasteiger partial charge in [-0.3, -0.25) is 9.59 Å². The Bertz CT molecular complexity index is 758. The van der Waals surface area contributed by atoms with E-state index >= 15 is 0 Å². The molecule has 2 rings (SSSR count). The largest absolute Gasteiger partial charge is 0.493 e. The molecule has 8 heteroatoms. The number of methoxy groups -OCH3 is 3. The molecule has 1 heterocycles. The monoisotopic (exact) mass is 415 g/mol. The van der Waals surface area contributed by atoms with Crippen molar-refractivity contribution in [2.45, 2.75) is 11.8 Å². The normalized spacial score (nSPS) is 10.5. The number of esters is 1. The number of hydrogen-bond acceptors (Lipinski definition) is 6. The summed E-state index contributed by atoms with van der Waals surface area (Å²) in [4.78, 5) is 24.2. The summed E-state index contributed by atoms with van der Waals surface area (Å²) in [6, 6.07) is 3.72. The molecule has 0 bridgehead atoms. The van der Waals surface area contributed by atoms with E-state index in [9.17, 15) is 9.59 Å². The summed E-state index contributed by atoms with van der Waals surface area (Å²) < 4.78 is 16.1. The maximum atomic E-state index is 12.4. The van der Waals surface area contributed by atoms with Crippen molar-refractivity contribution in [2.24, 2.45) is 0 Å². The molecule has 1 aromatic heterocycles. The van der Waals surface area contributed by atoms with E-state index in [0.29, 0.717) is 21.7 Å². The third-order valence-corrected chi connectivity index (χ3v) is 5.23. The molecule has 0 aliphatic carbocycles. The van der Waals surface area contributed by atoms with Crippen molar-refractivity contribution in [3.63, 3.8) is 0 Å². The number of halogens is 1. The van der Waals surface area contributed by atoms with E-state index in [-0.39, 0.29) is 24.8 Å². The number of carbonyl (C=O) groups is 2. The van der Waals surface area contributed by atoms with Crippen molar-refractivity contribution in [3.8, 4) is 11.5 Å². The van der Waals surface area contributed by atoms with Gasteiger partial charge in [-0.25, -0.2) is 0 Å². The van der Waals surface area contributed by atoms with E-state index in [0.717, 1.165) is 15.6 Å². The Labute approximate surface area is 152 Å². The predicted octanol–water partition coefficient (Wildman–Crippen LogP) is 3.11. The van der Waals surface area contributed by atoms with Crippen LogP contribution in [0.25, 0.3) is 10.1 Å².